The van der Waals surface area contributed by atoms with Crippen LogP contribution in [0.4, 0.5) is 5.95 Å². The van der Waals surface area contributed by atoms with Crippen molar-refractivity contribution >= 4 is 22.6 Å². The van der Waals surface area contributed by atoms with Gasteiger partial charge in [0.2, 0.25) is 11.9 Å². The number of likely N-dealkylation sites (tertiary alicyclic amines) is 1. The lowest BCUT2D eigenvalue weighted by atomic mass is 10.0. The third-order valence-corrected chi connectivity index (χ3v) is 8.76. The van der Waals surface area contributed by atoms with E-state index < -0.39 is 0 Å². The molecule has 9 nitrogen and oxygen atoms in total. The molecule has 0 atom stereocenters. The third kappa shape index (κ3) is 6.78. The molecule has 1 N–H and O–H groups in total. The van der Waals surface area contributed by atoms with Crippen LogP contribution in [0.15, 0.2) is 54.7 Å². The van der Waals surface area contributed by atoms with Gasteiger partial charge in [-0.05, 0) is 68.1 Å². The molecule has 2 aromatic carbocycles. The van der Waals surface area contributed by atoms with Crippen molar-refractivity contribution in [1.82, 2.24) is 34.5 Å². The van der Waals surface area contributed by atoms with Crippen LogP contribution >= 0.6 is 0 Å². The monoisotopic (exact) mass is 566 g/mol. The Kier molecular flexibility index (Phi) is 9.03. The van der Waals surface area contributed by atoms with Gasteiger partial charge < -0.3 is 15.1 Å². The highest BCUT2D eigenvalue weighted by molar-refractivity contribution is 5.90. The number of hydrogen-bond acceptors (Lipinski definition) is 7. The Hall–Kier alpha value is -3.85. The first-order valence-electron chi connectivity index (χ1n) is 15.6. The van der Waals surface area contributed by atoms with Gasteiger partial charge in [0.05, 0.1) is 13.0 Å². The minimum absolute atomic E-state index is 0.187. The van der Waals surface area contributed by atoms with Crippen LogP contribution in [0.2, 0.25) is 0 Å². The molecule has 3 heterocycles. The second-order valence-electron chi connectivity index (χ2n) is 11.6. The molecular weight excluding hydrogens is 524 g/mol. The van der Waals surface area contributed by atoms with Crippen LogP contribution < -0.4 is 5.32 Å². The largest absolute Gasteiger partial charge is 0.353 e. The number of carbonyl (C=O) groups excluding carboxylic acids is 1. The van der Waals surface area contributed by atoms with Crippen LogP contribution in [0.5, 0.6) is 0 Å². The molecule has 2 aromatic heterocycles. The van der Waals surface area contributed by atoms with E-state index in [2.05, 4.69) is 44.4 Å². The second kappa shape index (κ2) is 13.4. The van der Waals surface area contributed by atoms with Crippen LogP contribution in [-0.4, -0.2) is 79.2 Å². The molecule has 1 amide bonds. The maximum Gasteiger partial charge on any atom is 0.227 e. The average molecular weight is 567 g/mol. The Morgan fingerprint density at radius 2 is 1.76 bits per heavy atom. The van der Waals surface area contributed by atoms with E-state index in [1.165, 1.54) is 50.6 Å². The smallest absolute Gasteiger partial charge is 0.227 e. The Morgan fingerprint density at radius 1 is 0.952 bits per heavy atom. The standard InChI is InChI=1S/C33H42N8O/c1-25-36-32(30-16-17-34-33(37-30)35-18-21-39-19-7-2-8-20-39)38-41(25)23-22-40(28-13-4-5-14-28)31(42)24-27-12-9-11-26-10-3-6-15-29(26)27/h3,6,9-12,15-17,28H,2,4-5,7-8,13-14,18-24H2,1H3,(H,34,35,37). The number of benzene rings is 2. The fourth-order valence-electron chi connectivity index (χ4n) is 6.46. The Bertz CT molecular complexity index is 1480. The maximum atomic E-state index is 13.8. The number of aromatic nitrogens is 5. The summed E-state index contributed by atoms with van der Waals surface area (Å²) < 4.78 is 1.91. The molecule has 9 heteroatoms. The number of aryl methyl sites for hydroxylation is 1. The van der Waals surface area contributed by atoms with Gasteiger partial charge in [0.25, 0.3) is 0 Å². The van der Waals surface area contributed by atoms with Crippen LogP contribution in [0.3, 0.4) is 0 Å². The molecule has 1 aliphatic carbocycles. The Labute approximate surface area is 248 Å². The molecule has 42 heavy (non-hydrogen) atoms. The molecule has 0 spiro atoms. The number of carbonyl (C=O) groups is 1. The van der Waals surface area contributed by atoms with Crippen molar-refractivity contribution in [2.75, 3.05) is 38.0 Å². The van der Waals surface area contributed by atoms with E-state index >= 15 is 0 Å². The van der Waals surface area contributed by atoms with Gasteiger partial charge in [-0.25, -0.2) is 19.6 Å². The van der Waals surface area contributed by atoms with Crippen LogP contribution in [-0.2, 0) is 17.8 Å². The summed E-state index contributed by atoms with van der Waals surface area (Å²) in [6, 6.07) is 16.7. The molecule has 220 valence electrons. The number of nitrogens with one attached hydrogen (secondary N) is 1. The average Bonchev–Trinajstić information content (AvgIpc) is 3.69. The lowest BCUT2D eigenvalue weighted by Gasteiger charge is -2.29. The molecule has 0 unspecified atom stereocenters. The zero-order valence-electron chi connectivity index (χ0n) is 24.7. The lowest BCUT2D eigenvalue weighted by Crippen LogP contribution is -2.42. The molecule has 0 radical (unpaired) electrons. The summed E-state index contributed by atoms with van der Waals surface area (Å²) in [5.74, 6) is 2.19. The first kappa shape index (κ1) is 28.3. The predicted octanol–water partition coefficient (Wildman–Crippen LogP) is 5.11. The zero-order valence-corrected chi connectivity index (χ0v) is 24.7. The third-order valence-electron chi connectivity index (χ3n) is 8.76. The van der Waals surface area contributed by atoms with Gasteiger partial charge in [-0.1, -0.05) is 61.7 Å². The first-order chi connectivity index (χ1) is 20.6. The summed E-state index contributed by atoms with van der Waals surface area (Å²) >= 11 is 0. The first-order valence-corrected chi connectivity index (χ1v) is 15.6. The molecular formula is C33H42N8O. The lowest BCUT2D eigenvalue weighted by molar-refractivity contribution is -0.132. The highest BCUT2D eigenvalue weighted by Gasteiger charge is 2.27. The Morgan fingerprint density at radius 3 is 2.62 bits per heavy atom. The molecule has 1 aliphatic heterocycles. The van der Waals surface area contributed by atoms with Gasteiger partial charge in [0, 0.05) is 31.9 Å². The highest BCUT2D eigenvalue weighted by atomic mass is 16.2. The molecule has 1 saturated carbocycles. The summed E-state index contributed by atoms with van der Waals surface area (Å²) in [5, 5.41) is 10.5. The van der Waals surface area contributed by atoms with Crippen molar-refractivity contribution in [1.29, 1.82) is 0 Å². The summed E-state index contributed by atoms with van der Waals surface area (Å²) in [6.07, 6.45) is 10.6. The van der Waals surface area contributed by atoms with E-state index in [0.29, 0.717) is 37.0 Å². The fourth-order valence-corrected chi connectivity index (χ4v) is 6.46. The maximum absolute atomic E-state index is 13.8. The minimum Gasteiger partial charge on any atom is -0.353 e. The molecule has 2 fully saturated rings. The number of nitrogens with zero attached hydrogens (tertiary/aromatic N) is 7. The van der Waals surface area contributed by atoms with Gasteiger partial charge in [-0.15, -0.1) is 5.10 Å². The number of amides is 1. The number of hydrogen-bond donors (Lipinski definition) is 1. The summed E-state index contributed by atoms with van der Waals surface area (Å²) in [5.41, 5.74) is 1.79. The summed E-state index contributed by atoms with van der Waals surface area (Å²) in [4.78, 5) is 32.2. The van der Waals surface area contributed by atoms with E-state index in [1.807, 2.05) is 35.9 Å². The zero-order chi connectivity index (χ0) is 28.7. The second-order valence-corrected chi connectivity index (χ2v) is 11.6. The number of anilines is 1. The van der Waals surface area contributed by atoms with Crippen LogP contribution in [0, 0.1) is 6.92 Å². The van der Waals surface area contributed by atoms with Gasteiger partial charge in [-0.2, -0.15) is 0 Å². The fraction of sp³-hybridized carbons (Fsp3) is 0.485. The van der Waals surface area contributed by atoms with Gasteiger partial charge in [-0.3, -0.25) is 4.79 Å². The number of fused-ring (bicyclic) bond motifs is 1. The quantitative estimate of drug-likeness (QED) is 0.270. The van der Waals surface area contributed by atoms with Crippen molar-refractivity contribution in [3.05, 3.63) is 66.1 Å². The number of rotatable bonds is 11. The van der Waals surface area contributed by atoms with Gasteiger partial charge in [0.15, 0.2) is 5.82 Å². The van der Waals surface area contributed by atoms with Crippen LogP contribution in [0.25, 0.3) is 22.3 Å². The summed E-state index contributed by atoms with van der Waals surface area (Å²) in [6.45, 7) is 7.34. The Balaban J connectivity index is 1.11. The summed E-state index contributed by atoms with van der Waals surface area (Å²) in [7, 11) is 0. The van der Waals surface area contributed by atoms with Crippen LogP contribution in [0.1, 0.15) is 56.3 Å². The molecule has 2 aliphatic rings. The van der Waals surface area contributed by atoms with Crippen molar-refractivity contribution in [2.45, 2.75) is 70.9 Å². The van der Waals surface area contributed by atoms with E-state index in [9.17, 15) is 4.79 Å². The van der Waals surface area contributed by atoms with E-state index in [1.54, 1.807) is 6.20 Å². The highest BCUT2D eigenvalue weighted by Crippen LogP contribution is 2.26. The van der Waals surface area contributed by atoms with E-state index in [4.69, 9.17) is 15.1 Å². The SMILES string of the molecule is Cc1nc(-c2ccnc(NCCN3CCCCC3)n2)nn1CCN(C(=O)Cc1cccc2ccccc12)C1CCCC1. The van der Waals surface area contributed by atoms with E-state index in [-0.39, 0.29) is 11.9 Å². The van der Waals surface area contributed by atoms with Gasteiger partial charge in [0.1, 0.15) is 11.5 Å². The molecule has 4 aromatic rings. The van der Waals surface area contributed by atoms with E-state index in [0.717, 1.165) is 42.7 Å². The van der Waals surface area contributed by atoms with Crippen molar-refractivity contribution in [3.8, 4) is 11.5 Å². The van der Waals surface area contributed by atoms with Crippen molar-refractivity contribution < 1.29 is 4.79 Å². The topological polar surface area (TPSA) is 92.1 Å². The molecule has 1 saturated heterocycles. The normalized spacial score (nSPS) is 16.2. The molecule has 6 rings (SSSR count). The number of piperidine rings is 1. The van der Waals surface area contributed by atoms with Crippen molar-refractivity contribution in [3.63, 3.8) is 0 Å². The minimum atomic E-state index is 0.187. The molecule has 0 bridgehead atoms. The predicted molar refractivity (Wildman–Crippen MR) is 166 cm³/mol. The van der Waals surface area contributed by atoms with Crippen molar-refractivity contribution in [2.24, 2.45) is 0 Å². The van der Waals surface area contributed by atoms with Gasteiger partial charge >= 0.3 is 0 Å².